The molecule has 3 rings (SSSR count). The number of pyridine rings is 1. The number of carbonyl (C=O) groups excluding carboxylic acids is 1. The first-order chi connectivity index (χ1) is 12.5. The molecule has 1 aromatic rings. The number of hydrogen-bond donors (Lipinski definition) is 0. The summed E-state index contributed by atoms with van der Waals surface area (Å²) < 4.78 is 28.1. The van der Waals surface area contributed by atoms with E-state index in [-0.39, 0.29) is 31.7 Å². The molecular weight excluding hydrogens is 344 g/mol. The quantitative estimate of drug-likeness (QED) is 0.595. The van der Waals surface area contributed by atoms with Gasteiger partial charge in [0.25, 0.3) is 0 Å². The predicted octanol–water partition coefficient (Wildman–Crippen LogP) is 2.99. The van der Waals surface area contributed by atoms with Crippen LogP contribution in [0.2, 0.25) is 0 Å². The largest absolute Gasteiger partial charge is 0.332 e. The highest BCUT2D eigenvalue weighted by Crippen LogP contribution is 2.37. The molecule has 1 fully saturated rings. The topological polar surface area (TPSA) is 76.3 Å². The number of likely N-dealkylation sites (tertiary alicyclic amines) is 1. The van der Waals surface area contributed by atoms with Crippen molar-refractivity contribution < 1.29 is 18.5 Å². The summed E-state index contributed by atoms with van der Waals surface area (Å²) in [7, 11) is 0. The van der Waals surface area contributed by atoms with Gasteiger partial charge in [-0.3, -0.25) is 19.9 Å². The number of carbonyl (C=O) groups is 1. The number of aromatic nitrogens is 1. The Balaban J connectivity index is 1.87. The van der Waals surface area contributed by atoms with Crippen molar-refractivity contribution in [3.63, 3.8) is 0 Å². The monoisotopic (exact) mass is 363 g/mol. The first-order valence-corrected chi connectivity index (χ1v) is 8.52. The van der Waals surface area contributed by atoms with Gasteiger partial charge in [-0.05, 0) is 24.3 Å². The average Bonchev–Trinajstić information content (AvgIpc) is 2.63. The summed E-state index contributed by atoms with van der Waals surface area (Å²) in [5.41, 5.74) is 0.730. The Bertz CT molecular complexity index is 751. The Morgan fingerprint density at radius 3 is 2.81 bits per heavy atom. The number of nitrogens with zero attached hydrogens (tertiary/aromatic N) is 3. The number of allylic oxidation sites excluding steroid dienone is 3. The molecule has 1 aromatic heterocycles. The van der Waals surface area contributed by atoms with E-state index in [1.165, 1.54) is 4.90 Å². The average molecular weight is 363 g/mol. The molecule has 8 heteroatoms. The smallest absolute Gasteiger partial charge is 0.234 e. The zero-order valence-corrected chi connectivity index (χ0v) is 14.1. The van der Waals surface area contributed by atoms with Crippen molar-refractivity contribution in [2.24, 2.45) is 5.92 Å². The first kappa shape index (κ1) is 18.2. The molecule has 26 heavy (non-hydrogen) atoms. The van der Waals surface area contributed by atoms with Crippen LogP contribution in [0.5, 0.6) is 0 Å². The van der Waals surface area contributed by atoms with Gasteiger partial charge in [-0.25, -0.2) is 8.78 Å². The maximum absolute atomic E-state index is 14.4. The molecule has 3 atom stereocenters. The third kappa shape index (κ3) is 3.79. The third-order valence-electron chi connectivity index (χ3n) is 4.94. The van der Waals surface area contributed by atoms with Gasteiger partial charge < -0.3 is 4.90 Å². The molecule has 1 aliphatic carbocycles. The molecule has 1 amide bonds. The standard InChI is InChI=1S/C18H19F2N3O3/c19-12-4-5-15(20)14(11-12)18-16(23(25)26)6-7-17(24)22(18)10-8-13-3-1-2-9-21-13/h1-5,9,14,16,18H,6-8,10-11H2/t14?,16?,18-/m1/s1. The lowest BCUT2D eigenvalue weighted by Crippen LogP contribution is -2.58. The molecule has 2 unspecified atom stereocenters. The summed E-state index contributed by atoms with van der Waals surface area (Å²) in [5, 5.41) is 11.5. The van der Waals surface area contributed by atoms with Crippen LogP contribution in [0.4, 0.5) is 8.78 Å². The molecule has 0 saturated carbocycles. The summed E-state index contributed by atoms with van der Waals surface area (Å²) in [6.45, 7) is 0.181. The van der Waals surface area contributed by atoms with Crippen molar-refractivity contribution in [1.82, 2.24) is 9.88 Å². The summed E-state index contributed by atoms with van der Waals surface area (Å²) in [6, 6.07) is 3.23. The minimum absolute atomic E-state index is 0.0285. The van der Waals surface area contributed by atoms with Crippen molar-refractivity contribution in [1.29, 1.82) is 0 Å². The second-order valence-electron chi connectivity index (χ2n) is 6.52. The summed E-state index contributed by atoms with van der Waals surface area (Å²) in [4.78, 5) is 29.0. The van der Waals surface area contributed by atoms with E-state index in [9.17, 15) is 23.7 Å². The number of rotatable bonds is 5. The van der Waals surface area contributed by atoms with Crippen LogP contribution in [0.1, 0.15) is 25.0 Å². The van der Waals surface area contributed by atoms with E-state index in [0.717, 1.165) is 17.8 Å². The zero-order valence-electron chi connectivity index (χ0n) is 14.1. The molecule has 6 nitrogen and oxygen atoms in total. The second kappa shape index (κ2) is 7.72. The van der Waals surface area contributed by atoms with E-state index < -0.39 is 34.6 Å². The molecular formula is C18H19F2N3O3. The minimum atomic E-state index is -1.12. The normalized spacial score (nSPS) is 26.3. The van der Waals surface area contributed by atoms with E-state index in [4.69, 9.17) is 0 Å². The van der Waals surface area contributed by atoms with Crippen LogP contribution in [0.3, 0.4) is 0 Å². The highest BCUT2D eigenvalue weighted by Gasteiger charge is 2.48. The van der Waals surface area contributed by atoms with Crippen LogP contribution in [0.25, 0.3) is 0 Å². The third-order valence-corrected chi connectivity index (χ3v) is 4.94. The number of halogens is 2. The highest BCUT2D eigenvalue weighted by atomic mass is 19.1. The van der Waals surface area contributed by atoms with Crippen molar-refractivity contribution in [3.05, 3.63) is 64.0 Å². The molecule has 0 N–H and O–H groups in total. The van der Waals surface area contributed by atoms with Crippen LogP contribution >= 0.6 is 0 Å². The lowest BCUT2D eigenvalue weighted by molar-refractivity contribution is -0.534. The van der Waals surface area contributed by atoms with Gasteiger partial charge in [0.05, 0.1) is 0 Å². The molecule has 0 bridgehead atoms. The van der Waals surface area contributed by atoms with Gasteiger partial charge in [-0.15, -0.1) is 0 Å². The van der Waals surface area contributed by atoms with Gasteiger partial charge in [-0.2, -0.15) is 0 Å². The number of hydrogen-bond acceptors (Lipinski definition) is 4. The SMILES string of the molecule is O=C1CCC([N+](=O)[O-])[C@@H](C2CC(F)=CC=C2F)N1CCc1ccccn1. The van der Waals surface area contributed by atoms with E-state index in [1.807, 2.05) is 0 Å². The minimum Gasteiger partial charge on any atom is -0.332 e. The fraction of sp³-hybridized carbons (Fsp3) is 0.444. The van der Waals surface area contributed by atoms with Gasteiger partial charge in [0.2, 0.25) is 11.9 Å². The molecule has 0 aromatic carbocycles. The molecule has 138 valence electrons. The lowest BCUT2D eigenvalue weighted by Gasteiger charge is -2.41. The lowest BCUT2D eigenvalue weighted by atomic mass is 9.81. The van der Waals surface area contributed by atoms with Crippen LogP contribution < -0.4 is 0 Å². The number of nitro groups is 1. The van der Waals surface area contributed by atoms with E-state index in [1.54, 1.807) is 24.4 Å². The van der Waals surface area contributed by atoms with E-state index in [2.05, 4.69) is 4.98 Å². The number of amides is 1. The molecule has 0 radical (unpaired) electrons. The first-order valence-electron chi connectivity index (χ1n) is 8.52. The molecule has 2 aliphatic rings. The Labute approximate surface area is 149 Å². The fourth-order valence-corrected chi connectivity index (χ4v) is 3.68. The predicted molar refractivity (Wildman–Crippen MR) is 89.9 cm³/mol. The van der Waals surface area contributed by atoms with Gasteiger partial charge >= 0.3 is 0 Å². The van der Waals surface area contributed by atoms with Crippen LogP contribution in [-0.2, 0) is 11.2 Å². The Kier molecular flexibility index (Phi) is 5.39. The van der Waals surface area contributed by atoms with Crippen molar-refractivity contribution in [2.45, 2.75) is 37.8 Å². The van der Waals surface area contributed by atoms with Gasteiger partial charge in [0, 0.05) is 55.0 Å². The van der Waals surface area contributed by atoms with Crippen molar-refractivity contribution in [2.75, 3.05) is 6.54 Å². The van der Waals surface area contributed by atoms with Crippen molar-refractivity contribution >= 4 is 5.91 Å². The van der Waals surface area contributed by atoms with Crippen LogP contribution in [0, 0.1) is 16.0 Å². The maximum atomic E-state index is 14.4. The fourth-order valence-electron chi connectivity index (χ4n) is 3.68. The summed E-state index contributed by atoms with van der Waals surface area (Å²) >= 11 is 0. The van der Waals surface area contributed by atoms with Gasteiger partial charge in [-0.1, -0.05) is 6.07 Å². The molecule has 1 aliphatic heterocycles. The molecule has 1 saturated heterocycles. The van der Waals surface area contributed by atoms with E-state index in [0.29, 0.717) is 6.42 Å². The van der Waals surface area contributed by atoms with Crippen LogP contribution in [-0.4, -0.2) is 39.3 Å². The summed E-state index contributed by atoms with van der Waals surface area (Å²) in [6.07, 6.45) is 3.82. The maximum Gasteiger partial charge on any atom is 0.234 e. The number of piperidine rings is 1. The zero-order chi connectivity index (χ0) is 18.7. The highest BCUT2D eigenvalue weighted by molar-refractivity contribution is 5.77. The Morgan fingerprint density at radius 1 is 1.31 bits per heavy atom. The second-order valence-corrected chi connectivity index (χ2v) is 6.52. The van der Waals surface area contributed by atoms with Gasteiger partial charge in [0.15, 0.2) is 0 Å². The van der Waals surface area contributed by atoms with Crippen molar-refractivity contribution in [3.8, 4) is 0 Å². The van der Waals surface area contributed by atoms with Gasteiger partial charge in [0.1, 0.15) is 17.7 Å². The van der Waals surface area contributed by atoms with E-state index >= 15 is 0 Å². The Hall–Kier alpha value is -2.64. The Morgan fingerprint density at radius 2 is 2.12 bits per heavy atom. The summed E-state index contributed by atoms with van der Waals surface area (Å²) in [5.74, 6) is -2.47. The molecule has 2 heterocycles. The molecule has 0 spiro atoms. The van der Waals surface area contributed by atoms with Crippen LogP contribution in [0.15, 0.2) is 48.2 Å².